The fourth-order valence-electron chi connectivity index (χ4n) is 2.12. The second-order valence-corrected chi connectivity index (χ2v) is 7.44. The Balaban J connectivity index is 1.63. The molecule has 0 aliphatic carbocycles. The number of hydrogen-bond acceptors (Lipinski definition) is 6. The van der Waals surface area contributed by atoms with Gasteiger partial charge in [-0.25, -0.2) is 9.97 Å². The summed E-state index contributed by atoms with van der Waals surface area (Å²) in [6.45, 7) is 4.42. The molecule has 6 nitrogen and oxygen atoms in total. The minimum Gasteiger partial charge on any atom is -0.351 e. The number of aromatic amines is 1. The van der Waals surface area contributed by atoms with Gasteiger partial charge in [0.05, 0.1) is 15.6 Å². The Morgan fingerprint density at radius 1 is 1.38 bits per heavy atom. The molecule has 2 N–H and O–H groups in total. The molecule has 24 heavy (non-hydrogen) atoms. The van der Waals surface area contributed by atoms with E-state index in [0.717, 1.165) is 15.6 Å². The van der Waals surface area contributed by atoms with E-state index in [4.69, 9.17) is 0 Å². The van der Waals surface area contributed by atoms with Crippen LogP contribution in [0.15, 0.2) is 28.5 Å². The molecule has 3 aromatic rings. The summed E-state index contributed by atoms with van der Waals surface area (Å²) in [6.07, 6.45) is 1.96. The molecule has 0 atom stereocenters. The summed E-state index contributed by atoms with van der Waals surface area (Å²) in [5, 5.41) is 5.62. The highest BCUT2D eigenvalue weighted by Gasteiger charge is 2.13. The molecular weight excluding hydrogens is 344 g/mol. The summed E-state index contributed by atoms with van der Waals surface area (Å²) in [5.74, 6) is 0.0479. The Bertz CT molecular complexity index is 893. The quantitative estimate of drug-likeness (QED) is 0.732. The third-order valence-corrected chi connectivity index (χ3v) is 5.50. The highest BCUT2D eigenvalue weighted by molar-refractivity contribution is 7.13. The molecule has 1 amide bonds. The van der Waals surface area contributed by atoms with Crippen molar-refractivity contribution in [2.45, 2.75) is 20.3 Å². The van der Waals surface area contributed by atoms with Crippen molar-refractivity contribution in [3.05, 3.63) is 55.2 Å². The molecule has 8 heteroatoms. The van der Waals surface area contributed by atoms with Crippen LogP contribution >= 0.6 is 22.7 Å². The fraction of sp³-hybridized carbons (Fsp3) is 0.250. The highest BCUT2D eigenvalue weighted by atomic mass is 32.1. The number of aromatic nitrogens is 3. The molecule has 0 radical (unpaired) electrons. The minimum absolute atomic E-state index is 0.0156. The molecule has 0 spiro atoms. The van der Waals surface area contributed by atoms with E-state index in [2.05, 4.69) is 20.3 Å². The van der Waals surface area contributed by atoms with Gasteiger partial charge in [-0.2, -0.15) is 0 Å². The second-order valence-electron chi connectivity index (χ2n) is 5.21. The van der Waals surface area contributed by atoms with E-state index in [-0.39, 0.29) is 5.56 Å². The van der Waals surface area contributed by atoms with Crippen molar-refractivity contribution in [2.24, 2.45) is 0 Å². The van der Waals surface area contributed by atoms with Crippen molar-refractivity contribution < 1.29 is 4.79 Å². The van der Waals surface area contributed by atoms with Crippen molar-refractivity contribution in [3.63, 3.8) is 0 Å². The zero-order chi connectivity index (χ0) is 17.1. The van der Waals surface area contributed by atoms with Crippen molar-refractivity contribution >= 4 is 28.6 Å². The number of hydrogen-bond donors (Lipinski definition) is 2. The van der Waals surface area contributed by atoms with Gasteiger partial charge in [0.15, 0.2) is 0 Å². The molecule has 0 aliphatic heterocycles. The lowest BCUT2D eigenvalue weighted by molar-refractivity contribution is 0.0952. The molecule has 0 unspecified atom stereocenters. The van der Waals surface area contributed by atoms with Gasteiger partial charge in [0.2, 0.25) is 0 Å². The van der Waals surface area contributed by atoms with Gasteiger partial charge in [0.25, 0.3) is 11.5 Å². The number of aryl methyl sites for hydroxylation is 2. The maximum atomic E-state index is 12.1. The van der Waals surface area contributed by atoms with E-state index in [1.54, 1.807) is 11.3 Å². The van der Waals surface area contributed by atoms with Crippen LogP contribution in [-0.2, 0) is 6.42 Å². The topological polar surface area (TPSA) is 87.7 Å². The zero-order valence-corrected chi connectivity index (χ0v) is 14.9. The van der Waals surface area contributed by atoms with E-state index in [9.17, 15) is 9.59 Å². The molecule has 0 aliphatic rings. The van der Waals surface area contributed by atoms with Gasteiger partial charge in [-0.1, -0.05) is 6.07 Å². The molecule has 3 aromatic heterocycles. The number of H-pyrrole nitrogens is 1. The number of nitrogens with zero attached hydrogens (tertiary/aromatic N) is 2. The molecule has 3 heterocycles. The third kappa shape index (κ3) is 3.60. The normalized spacial score (nSPS) is 10.8. The molecule has 124 valence electrons. The minimum atomic E-state index is -0.438. The fourth-order valence-corrected chi connectivity index (χ4v) is 3.73. The van der Waals surface area contributed by atoms with Crippen LogP contribution in [0.2, 0.25) is 0 Å². The molecular formula is C16H16N4O2S2. The summed E-state index contributed by atoms with van der Waals surface area (Å²) in [5.41, 5.74) is 0.597. The van der Waals surface area contributed by atoms with Crippen molar-refractivity contribution in [1.82, 2.24) is 20.3 Å². The van der Waals surface area contributed by atoms with Gasteiger partial charge < -0.3 is 10.3 Å². The molecule has 3 rings (SSSR count). The Morgan fingerprint density at radius 3 is 2.83 bits per heavy atom. The largest absolute Gasteiger partial charge is 0.351 e. The van der Waals surface area contributed by atoms with Crippen LogP contribution in [0.1, 0.15) is 25.9 Å². The first-order valence-electron chi connectivity index (χ1n) is 7.39. The van der Waals surface area contributed by atoms with Crippen molar-refractivity contribution in [3.8, 4) is 10.7 Å². The summed E-state index contributed by atoms with van der Waals surface area (Å²) in [6, 6.07) is 3.74. The Morgan fingerprint density at radius 2 is 2.21 bits per heavy atom. The Labute approximate surface area is 146 Å². The maximum Gasteiger partial charge on any atom is 0.264 e. The lowest BCUT2D eigenvalue weighted by Crippen LogP contribution is -2.31. The highest BCUT2D eigenvalue weighted by Crippen LogP contribution is 2.19. The number of rotatable bonds is 5. The van der Waals surface area contributed by atoms with Gasteiger partial charge >= 0.3 is 0 Å². The number of amides is 1. The van der Waals surface area contributed by atoms with Gasteiger partial charge in [-0.05, 0) is 25.3 Å². The molecule has 0 saturated heterocycles. The van der Waals surface area contributed by atoms with E-state index in [0.29, 0.717) is 18.8 Å². The SMILES string of the molecule is Cc1nc(CCNC(=O)c2cnc(-c3cccs3)[nH]c2=O)sc1C. The molecule has 0 aromatic carbocycles. The second kappa shape index (κ2) is 7.06. The van der Waals surface area contributed by atoms with Crippen LogP contribution in [-0.4, -0.2) is 27.4 Å². The van der Waals surface area contributed by atoms with E-state index >= 15 is 0 Å². The van der Waals surface area contributed by atoms with Crippen LogP contribution in [0.3, 0.4) is 0 Å². The summed E-state index contributed by atoms with van der Waals surface area (Å²) >= 11 is 3.10. The Kier molecular flexibility index (Phi) is 4.86. The van der Waals surface area contributed by atoms with Gasteiger partial charge in [-0.15, -0.1) is 22.7 Å². The van der Waals surface area contributed by atoms with E-state index in [1.807, 2.05) is 31.4 Å². The first-order chi connectivity index (χ1) is 11.5. The predicted molar refractivity (Wildman–Crippen MR) is 95.8 cm³/mol. The first kappa shape index (κ1) is 16.5. The van der Waals surface area contributed by atoms with Crippen molar-refractivity contribution in [2.75, 3.05) is 6.54 Å². The maximum absolute atomic E-state index is 12.1. The summed E-state index contributed by atoms with van der Waals surface area (Å²) in [4.78, 5) is 37.5. The molecule has 0 saturated carbocycles. The summed E-state index contributed by atoms with van der Waals surface area (Å²) in [7, 11) is 0. The van der Waals surface area contributed by atoms with Crippen molar-refractivity contribution in [1.29, 1.82) is 0 Å². The Hall–Kier alpha value is -2.32. The standard InChI is InChI=1S/C16H16N4O2S2/c1-9-10(2)24-13(19-9)5-6-17-15(21)11-8-18-14(20-16(11)22)12-4-3-7-23-12/h3-4,7-8H,5-6H2,1-2H3,(H,17,21)(H,18,20,22). The predicted octanol–water partition coefficient (Wildman–Crippen LogP) is 2.54. The van der Waals surface area contributed by atoms with Crippen LogP contribution in [0.4, 0.5) is 0 Å². The number of carbonyl (C=O) groups is 1. The van der Waals surface area contributed by atoms with Gasteiger partial charge in [-0.3, -0.25) is 9.59 Å². The van der Waals surface area contributed by atoms with Crippen LogP contribution < -0.4 is 10.9 Å². The lowest BCUT2D eigenvalue weighted by Gasteiger charge is -2.04. The molecule has 0 fully saturated rings. The number of thiazole rings is 1. The van der Waals surface area contributed by atoms with E-state index < -0.39 is 11.5 Å². The van der Waals surface area contributed by atoms with Gasteiger partial charge in [0.1, 0.15) is 11.4 Å². The zero-order valence-electron chi connectivity index (χ0n) is 13.3. The third-order valence-electron chi connectivity index (χ3n) is 3.50. The number of thiophene rings is 1. The average Bonchev–Trinajstić information content (AvgIpc) is 3.18. The van der Waals surface area contributed by atoms with Crippen LogP contribution in [0, 0.1) is 13.8 Å². The number of nitrogens with one attached hydrogen (secondary N) is 2. The number of carbonyl (C=O) groups excluding carboxylic acids is 1. The lowest BCUT2D eigenvalue weighted by atomic mass is 10.3. The first-order valence-corrected chi connectivity index (χ1v) is 9.08. The van der Waals surface area contributed by atoms with Gasteiger partial charge in [0, 0.05) is 24.0 Å². The van der Waals surface area contributed by atoms with Crippen LogP contribution in [0.25, 0.3) is 10.7 Å². The molecule has 0 bridgehead atoms. The van der Waals surface area contributed by atoms with Crippen LogP contribution in [0.5, 0.6) is 0 Å². The average molecular weight is 360 g/mol. The van der Waals surface area contributed by atoms with E-state index in [1.165, 1.54) is 22.4 Å². The monoisotopic (exact) mass is 360 g/mol. The summed E-state index contributed by atoms with van der Waals surface area (Å²) < 4.78 is 0. The smallest absolute Gasteiger partial charge is 0.264 e.